The quantitative estimate of drug-likeness (QED) is 0.880. The molecular weight excluding hydrogens is 345 g/mol. The molecule has 0 amide bonds. The number of hydrogen-bond acceptors (Lipinski definition) is 4. The lowest BCUT2D eigenvalue weighted by molar-refractivity contribution is -0.137. The molecule has 142 valence electrons. The number of nitrogens with one attached hydrogen (secondary N) is 1. The van der Waals surface area contributed by atoms with E-state index in [0.29, 0.717) is 24.5 Å². The van der Waals surface area contributed by atoms with Crippen LogP contribution in [0.5, 0.6) is 0 Å². The molecule has 0 aliphatic carbocycles. The van der Waals surface area contributed by atoms with Crippen LogP contribution in [0.2, 0.25) is 0 Å². The second kappa shape index (κ2) is 8.18. The van der Waals surface area contributed by atoms with Crippen LogP contribution >= 0.6 is 0 Å². The molecule has 1 aliphatic rings. The molecule has 0 saturated carbocycles. The predicted molar refractivity (Wildman–Crippen MR) is 91.4 cm³/mol. The molecule has 1 unspecified atom stereocenters. The van der Waals surface area contributed by atoms with Crippen LogP contribution in [0, 0.1) is 0 Å². The lowest BCUT2D eigenvalue weighted by Gasteiger charge is -2.15. The smallest absolute Gasteiger partial charge is 0.384 e. The maximum atomic E-state index is 13.1. The lowest BCUT2D eigenvalue weighted by Crippen LogP contribution is -2.15. The van der Waals surface area contributed by atoms with E-state index in [4.69, 9.17) is 4.74 Å². The van der Waals surface area contributed by atoms with Gasteiger partial charge in [0.05, 0.1) is 17.9 Å². The first-order valence-corrected chi connectivity index (χ1v) is 8.82. The number of alkyl halides is 3. The third kappa shape index (κ3) is 4.42. The molecule has 0 radical (unpaired) electrons. The molecule has 0 spiro atoms. The molecule has 26 heavy (non-hydrogen) atoms. The summed E-state index contributed by atoms with van der Waals surface area (Å²) in [5.74, 6) is 1.50. The SMILES string of the molecule is COCCc1nc(C2CCCNCC2)n(-c2cccc(C(F)(F)F)c2)n1. The molecule has 2 heterocycles. The Balaban J connectivity index is 2.00. The Morgan fingerprint density at radius 2 is 2.12 bits per heavy atom. The summed E-state index contributed by atoms with van der Waals surface area (Å²) in [6.45, 7) is 2.29. The lowest BCUT2D eigenvalue weighted by atomic mass is 9.99. The number of nitrogens with zero attached hydrogens (tertiary/aromatic N) is 3. The number of rotatable bonds is 5. The van der Waals surface area contributed by atoms with E-state index < -0.39 is 11.7 Å². The van der Waals surface area contributed by atoms with Crippen LogP contribution in [0.25, 0.3) is 5.69 Å². The fraction of sp³-hybridized carbons (Fsp3) is 0.556. The molecule has 1 fully saturated rings. The maximum absolute atomic E-state index is 13.1. The van der Waals surface area contributed by atoms with Crippen LogP contribution in [0.15, 0.2) is 24.3 Å². The zero-order valence-corrected chi connectivity index (χ0v) is 14.7. The van der Waals surface area contributed by atoms with E-state index in [2.05, 4.69) is 15.4 Å². The van der Waals surface area contributed by atoms with Gasteiger partial charge >= 0.3 is 6.18 Å². The summed E-state index contributed by atoms with van der Waals surface area (Å²) in [7, 11) is 1.60. The van der Waals surface area contributed by atoms with Gasteiger partial charge in [-0.25, -0.2) is 9.67 Å². The average Bonchev–Trinajstić information content (AvgIpc) is 2.85. The molecular formula is C18H23F3N4O. The van der Waals surface area contributed by atoms with Gasteiger partial charge in [-0.05, 0) is 50.6 Å². The Morgan fingerprint density at radius 1 is 1.27 bits per heavy atom. The minimum Gasteiger partial charge on any atom is -0.384 e. The van der Waals surface area contributed by atoms with Gasteiger partial charge in [-0.1, -0.05) is 6.07 Å². The predicted octanol–water partition coefficient (Wildman–Crippen LogP) is 3.33. The van der Waals surface area contributed by atoms with Crippen LogP contribution in [-0.2, 0) is 17.3 Å². The number of hydrogen-bond donors (Lipinski definition) is 1. The molecule has 1 saturated heterocycles. The van der Waals surface area contributed by atoms with Crippen molar-refractivity contribution >= 4 is 0 Å². The molecule has 0 bridgehead atoms. The number of aromatic nitrogens is 3. The van der Waals surface area contributed by atoms with Crippen molar-refractivity contribution in [2.45, 2.75) is 37.8 Å². The number of benzene rings is 1. The highest BCUT2D eigenvalue weighted by Crippen LogP contribution is 2.32. The van der Waals surface area contributed by atoms with Gasteiger partial charge in [0.1, 0.15) is 5.82 Å². The first-order valence-electron chi connectivity index (χ1n) is 8.82. The molecule has 1 N–H and O–H groups in total. The monoisotopic (exact) mass is 368 g/mol. The molecule has 1 aromatic heterocycles. The van der Waals surface area contributed by atoms with Crippen molar-refractivity contribution in [3.63, 3.8) is 0 Å². The number of methoxy groups -OCH3 is 1. The molecule has 1 atom stereocenters. The molecule has 1 aromatic carbocycles. The first kappa shape index (κ1) is 18.8. The third-order valence-corrected chi connectivity index (χ3v) is 4.56. The van der Waals surface area contributed by atoms with E-state index in [1.807, 2.05) is 0 Å². The van der Waals surface area contributed by atoms with Crippen LogP contribution < -0.4 is 5.32 Å². The summed E-state index contributed by atoms with van der Waals surface area (Å²) in [5.41, 5.74) is -0.291. The molecule has 8 heteroatoms. The normalized spacial score (nSPS) is 18.7. The first-order chi connectivity index (χ1) is 12.5. The van der Waals surface area contributed by atoms with Crippen molar-refractivity contribution in [1.82, 2.24) is 20.1 Å². The third-order valence-electron chi connectivity index (χ3n) is 4.56. The van der Waals surface area contributed by atoms with Crippen LogP contribution in [-0.4, -0.2) is 41.6 Å². The van der Waals surface area contributed by atoms with E-state index >= 15 is 0 Å². The summed E-state index contributed by atoms with van der Waals surface area (Å²) >= 11 is 0. The fourth-order valence-electron chi connectivity index (χ4n) is 3.21. The van der Waals surface area contributed by atoms with Crippen molar-refractivity contribution < 1.29 is 17.9 Å². The maximum Gasteiger partial charge on any atom is 0.416 e. The number of halogens is 3. The highest BCUT2D eigenvalue weighted by atomic mass is 19.4. The molecule has 5 nitrogen and oxygen atoms in total. The average molecular weight is 368 g/mol. The van der Waals surface area contributed by atoms with E-state index in [1.54, 1.807) is 17.9 Å². The summed E-state index contributed by atoms with van der Waals surface area (Å²) in [5, 5.41) is 7.83. The fourth-order valence-corrected chi connectivity index (χ4v) is 3.21. The van der Waals surface area contributed by atoms with E-state index in [9.17, 15) is 13.2 Å². The zero-order valence-electron chi connectivity index (χ0n) is 14.7. The summed E-state index contributed by atoms with van der Waals surface area (Å²) in [4.78, 5) is 4.64. The molecule has 3 rings (SSSR count). The van der Waals surface area contributed by atoms with Crippen molar-refractivity contribution in [1.29, 1.82) is 0 Å². The van der Waals surface area contributed by atoms with Crippen LogP contribution in [0.1, 0.15) is 42.4 Å². The Morgan fingerprint density at radius 3 is 2.88 bits per heavy atom. The second-order valence-electron chi connectivity index (χ2n) is 6.47. The zero-order chi connectivity index (χ0) is 18.6. The summed E-state index contributed by atoms with van der Waals surface area (Å²) in [6.07, 6.45) is -1.02. The highest BCUT2D eigenvalue weighted by molar-refractivity contribution is 5.37. The van der Waals surface area contributed by atoms with Crippen molar-refractivity contribution in [3.05, 3.63) is 41.5 Å². The number of ether oxygens (including phenoxy) is 1. The topological polar surface area (TPSA) is 52.0 Å². The largest absolute Gasteiger partial charge is 0.416 e. The van der Waals surface area contributed by atoms with E-state index in [1.165, 1.54) is 6.07 Å². The van der Waals surface area contributed by atoms with Gasteiger partial charge < -0.3 is 10.1 Å². The summed E-state index contributed by atoms with van der Waals surface area (Å²) in [6, 6.07) is 5.25. The van der Waals surface area contributed by atoms with Gasteiger partial charge in [0.15, 0.2) is 5.82 Å². The van der Waals surface area contributed by atoms with Gasteiger partial charge in [0.25, 0.3) is 0 Å². The van der Waals surface area contributed by atoms with E-state index in [0.717, 1.165) is 50.3 Å². The molecule has 1 aliphatic heterocycles. The van der Waals surface area contributed by atoms with Crippen molar-refractivity contribution in [2.24, 2.45) is 0 Å². The van der Waals surface area contributed by atoms with Crippen molar-refractivity contribution in [2.75, 3.05) is 26.8 Å². The molecule has 2 aromatic rings. The van der Waals surface area contributed by atoms with Crippen LogP contribution in [0.4, 0.5) is 13.2 Å². The van der Waals surface area contributed by atoms with Gasteiger partial charge in [-0.15, -0.1) is 0 Å². The van der Waals surface area contributed by atoms with Gasteiger partial charge in [0.2, 0.25) is 0 Å². The van der Waals surface area contributed by atoms with Gasteiger partial charge in [-0.2, -0.15) is 18.3 Å². The van der Waals surface area contributed by atoms with Crippen LogP contribution in [0.3, 0.4) is 0 Å². The second-order valence-corrected chi connectivity index (χ2v) is 6.47. The summed E-state index contributed by atoms with van der Waals surface area (Å²) < 4.78 is 45.9. The van der Waals surface area contributed by atoms with Gasteiger partial charge in [-0.3, -0.25) is 0 Å². The Hall–Kier alpha value is -1.93. The van der Waals surface area contributed by atoms with E-state index in [-0.39, 0.29) is 5.92 Å². The Kier molecular flexibility index (Phi) is 5.93. The Labute approximate surface area is 150 Å². The Bertz CT molecular complexity index is 721. The standard InChI is InChI=1S/C18H23F3N4O/c1-26-11-8-16-23-17(13-4-3-9-22-10-7-13)25(24-16)15-6-2-5-14(12-15)18(19,20)21/h2,5-6,12-13,22H,3-4,7-11H2,1H3. The highest BCUT2D eigenvalue weighted by Gasteiger charge is 2.31. The minimum absolute atomic E-state index is 0.170. The minimum atomic E-state index is -4.39. The van der Waals surface area contributed by atoms with Gasteiger partial charge in [0, 0.05) is 19.4 Å². The van der Waals surface area contributed by atoms with Crippen molar-refractivity contribution in [3.8, 4) is 5.69 Å².